The Labute approximate surface area is 160 Å². The van der Waals surface area contributed by atoms with E-state index in [9.17, 15) is 14.4 Å². The van der Waals surface area contributed by atoms with Gasteiger partial charge in [0.2, 0.25) is 0 Å². The Morgan fingerprint density at radius 3 is 2.75 bits per heavy atom. The summed E-state index contributed by atoms with van der Waals surface area (Å²) in [5.74, 6) is -0.389. The summed E-state index contributed by atoms with van der Waals surface area (Å²) in [6.45, 7) is 3.65. The summed E-state index contributed by atoms with van der Waals surface area (Å²) in [6, 6.07) is 11.4. The van der Waals surface area contributed by atoms with Gasteiger partial charge in [-0.2, -0.15) is 0 Å². The van der Waals surface area contributed by atoms with Crippen LogP contribution >= 0.6 is 0 Å². The molecule has 2 amide bonds. The van der Waals surface area contributed by atoms with Crippen LogP contribution in [0.25, 0.3) is 11.0 Å². The van der Waals surface area contributed by atoms with Gasteiger partial charge in [-0.25, -0.2) is 0 Å². The summed E-state index contributed by atoms with van der Waals surface area (Å²) < 4.78 is 11.1. The second kappa shape index (κ2) is 6.84. The minimum Gasteiger partial charge on any atom is -0.479 e. The zero-order valence-corrected chi connectivity index (χ0v) is 15.4. The van der Waals surface area contributed by atoms with Gasteiger partial charge in [0.1, 0.15) is 11.3 Å². The number of hydrogen-bond acceptors (Lipinski definition) is 5. The molecule has 0 fully saturated rings. The summed E-state index contributed by atoms with van der Waals surface area (Å²) >= 11 is 0. The number of ether oxygens (including phenoxy) is 1. The molecule has 2 heterocycles. The average molecular weight is 378 g/mol. The first-order valence-electron chi connectivity index (χ1n) is 8.94. The van der Waals surface area contributed by atoms with E-state index in [0.29, 0.717) is 28.1 Å². The van der Waals surface area contributed by atoms with Gasteiger partial charge in [0, 0.05) is 11.8 Å². The van der Waals surface area contributed by atoms with Crippen molar-refractivity contribution in [3.63, 3.8) is 0 Å². The summed E-state index contributed by atoms with van der Waals surface area (Å²) in [5.41, 5.74) is 2.00. The molecule has 7 heteroatoms. The molecule has 28 heavy (non-hydrogen) atoms. The largest absolute Gasteiger partial charge is 0.479 e. The topological polar surface area (TPSA) is 97.6 Å². The SMILES string of the molecule is CCc1ccc2oc(C(=O)Nc3ccc4c(c3)NC(=O)[C@@H](C)O4)cc(=O)c2c1. The maximum absolute atomic E-state index is 12.6. The summed E-state index contributed by atoms with van der Waals surface area (Å²) in [6.07, 6.45) is 0.225. The van der Waals surface area contributed by atoms with Gasteiger partial charge < -0.3 is 19.8 Å². The number of fused-ring (bicyclic) bond motifs is 2. The monoisotopic (exact) mass is 378 g/mol. The van der Waals surface area contributed by atoms with Crippen LogP contribution in [0, 0.1) is 0 Å². The van der Waals surface area contributed by atoms with E-state index in [-0.39, 0.29) is 17.1 Å². The van der Waals surface area contributed by atoms with Crippen molar-refractivity contribution in [1.29, 1.82) is 0 Å². The number of rotatable bonds is 3. The predicted molar refractivity (Wildman–Crippen MR) is 105 cm³/mol. The molecular formula is C21H18N2O5. The number of nitrogens with one attached hydrogen (secondary N) is 2. The molecule has 0 spiro atoms. The van der Waals surface area contributed by atoms with E-state index in [4.69, 9.17) is 9.15 Å². The second-order valence-electron chi connectivity index (χ2n) is 6.57. The van der Waals surface area contributed by atoms with Crippen LogP contribution in [0.4, 0.5) is 11.4 Å². The number of benzene rings is 2. The molecule has 1 atom stereocenters. The van der Waals surface area contributed by atoms with Crippen molar-refractivity contribution < 1.29 is 18.7 Å². The molecule has 3 aromatic rings. The molecule has 4 rings (SSSR count). The van der Waals surface area contributed by atoms with E-state index in [1.807, 2.05) is 13.0 Å². The zero-order chi connectivity index (χ0) is 19.8. The van der Waals surface area contributed by atoms with Crippen molar-refractivity contribution in [3.05, 3.63) is 64.0 Å². The van der Waals surface area contributed by atoms with Gasteiger partial charge in [-0.15, -0.1) is 0 Å². The van der Waals surface area contributed by atoms with Crippen LogP contribution in [-0.2, 0) is 11.2 Å². The number of anilines is 2. The van der Waals surface area contributed by atoms with Crippen molar-refractivity contribution in [2.45, 2.75) is 26.4 Å². The van der Waals surface area contributed by atoms with Gasteiger partial charge in [0.05, 0.1) is 11.1 Å². The van der Waals surface area contributed by atoms with Gasteiger partial charge in [-0.05, 0) is 49.2 Å². The minimum absolute atomic E-state index is 0.0895. The third kappa shape index (κ3) is 3.22. The molecule has 7 nitrogen and oxygen atoms in total. The lowest BCUT2D eigenvalue weighted by atomic mass is 10.1. The standard InChI is InChI=1S/C21H18N2O5/c1-3-12-4-6-17-14(8-12)16(24)10-19(28-17)21(26)22-13-5-7-18-15(9-13)23-20(25)11(2)27-18/h4-11H,3H2,1-2H3,(H,22,26)(H,23,25)/t11-/m1/s1. The number of carbonyl (C=O) groups excluding carboxylic acids is 2. The summed E-state index contributed by atoms with van der Waals surface area (Å²) in [4.78, 5) is 36.7. The third-order valence-electron chi connectivity index (χ3n) is 4.59. The Kier molecular flexibility index (Phi) is 4.35. The lowest BCUT2D eigenvalue weighted by molar-refractivity contribution is -0.122. The summed E-state index contributed by atoms with van der Waals surface area (Å²) in [7, 11) is 0. The van der Waals surface area contributed by atoms with Crippen LogP contribution in [0.1, 0.15) is 30.0 Å². The average Bonchev–Trinajstić information content (AvgIpc) is 2.68. The van der Waals surface area contributed by atoms with Crippen molar-refractivity contribution in [3.8, 4) is 5.75 Å². The molecule has 1 aliphatic heterocycles. The molecule has 0 radical (unpaired) electrons. The Balaban J connectivity index is 1.61. The van der Waals surface area contributed by atoms with Gasteiger partial charge in [0.25, 0.3) is 11.8 Å². The van der Waals surface area contributed by atoms with E-state index in [1.54, 1.807) is 37.3 Å². The highest BCUT2D eigenvalue weighted by atomic mass is 16.5. The molecule has 2 N–H and O–H groups in total. The van der Waals surface area contributed by atoms with E-state index >= 15 is 0 Å². The van der Waals surface area contributed by atoms with Crippen LogP contribution in [0.3, 0.4) is 0 Å². The molecule has 1 aromatic heterocycles. The predicted octanol–water partition coefficient (Wildman–Crippen LogP) is 3.33. The Morgan fingerprint density at radius 1 is 1.14 bits per heavy atom. The number of carbonyl (C=O) groups is 2. The maximum Gasteiger partial charge on any atom is 0.291 e. The van der Waals surface area contributed by atoms with E-state index in [2.05, 4.69) is 10.6 Å². The third-order valence-corrected chi connectivity index (χ3v) is 4.59. The minimum atomic E-state index is -0.576. The first kappa shape index (κ1) is 17.8. The Morgan fingerprint density at radius 2 is 1.96 bits per heavy atom. The normalized spacial score (nSPS) is 15.5. The molecule has 2 aromatic carbocycles. The van der Waals surface area contributed by atoms with Gasteiger partial charge in [-0.3, -0.25) is 14.4 Å². The molecule has 0 saturated heterocycles. The number of amides is 2. The van der Waals surface area contributed by atoms with Crippen LogP contribution < -0.4 is 20.8 Å². The van der Waals surface area contributed by atoms with Crippen molar-refractivity contribution in [2.75, 3.05) is 10.6 Å². The molecule has 0 saturated carbocycles. The number of hydrogen-bond donors (Lipinski definition) is 2. The smallest absolute Gasteiger partial charge is 0.291 e. The molecular weight excluding hydrogens is 360 g/mol. The lowest BCUT2D eigenvalue weighted by Gasteiger charge is -2.23. The fourth-order valence-electron chi connectivity index (χ4n) is 3.01. The van der Waals surface area contributed by atoms with Crippen LogP contribution in [-0.4, -0.2) is 17.9 Å². The summed E-state index contributed by atoms with van der Waals surface area (Å²) in [5, 5.41) is 5.83. The Bertz CT molecular complexity index is 1170. The van der Waals surface area contributed by atoms with Crippen LogP contribution in [0.5, 0.6) is 5.75 Å². The van der Waals surface area contributed by atoms with Gasteiger partial charge in [-0.1, -0.05) is 13.0 Å². The lowest BCUT2D eigenvalue weighted by Crippen LogP contribution is -2.34. The van der Waals surface area contributed by atoms with E-state index in [1.165, 1.54) is 6.07 Å². The quantitative estimate of drug-likeness (QED) is 0.729. The van der Waals surface area contributed by atoms with Crippen molar-refractivity contribution >= 4 is 34.2 Å². The highest BCUT2D eigenvalue weighted by Gasteiger charge is 2.24. The number of aryl methyl sites for hydroxylation is 1. The molecule has 0 unspecified atom stereocenters. The van der Waals surface area contributed by atoms with Gasteiger partial charge >= 0.3 is 0 Å². The highest BCUT2D eigenvalue weighted by Crippen LogP contribution is 2.32. The van der Waals surface area contributed by atoms with Crippen molar-refractivity contribution in [1.82, 2.24) is 0 Å². The van der Waals surface area contributed by atoms with Crippen molar-refractivity contribution in [2.24, 2.45) is 0 Å². The first-order valence-corrected chi connectivity index (χ1v) is 8.94. The van der Waals surface area contributed by atoms with E-state index < -0.39 is 12.0 Å². The zero-order valence-electron chi connectivity index (χ0n) is 15.4. The molecule has 0 aliphatic carbocycles. The van der Waals surface area contributed by atoms with Crippen LogP contribution in [0.15, 0.2) is 51.7 Å². The second-order valence-corrected chi connectivity index (χ2v) is 6.57. The van der Waals surface area contributed by atoms with Crippen LogP contribution in [0.2, 0.25) is 0 Å². The first-order chi connectivity index (χ1) is 13.4. The molecule has 0 bridgehead atoms. The highest BCUT2D eigenvalue weighted by molar-refractivity contribution is 6.04. The van der Waals surface area contributed by atoms with Gasteiger partial charge in [0.15, 0.2) is 17.3 Å². The Hall–Kier alpha value is -3.61. The molecule has 142 valence electrons. The maximum atomic E-state index is 12.6. The fraction of sp³-hybridized carbons (Fsp3) is 0.190. The fourth-order valence-corrected chi connectivity index (χ4v) is 3.01. The van der Waals surface area contributed by atoms with E-state index in [0.717, 1.165) is 12.0 Å². The molecule has 1 aliphatic rings.